The Hall–Kier alpha value is -3.70. The second-order valence-corrected chi connectivity index (χ2v) is 13.3. The van der Waals surface area contributed by atoms with Crippen LogP contribution in [-0.2, 0) is 19.1 Å². The van der Waals surface area contributed by atoms with Crippen LogP contribution in [0.4, 0.5) is 0 Å². The van der Waals surface area contributed by atoms with E-state index in [0.29, 0.717) is 12.8 Å². The van der Waals surface area contributed by atoms with Gasteiger partial charge in [-0.1, -0.05) is 161 Å². The first-order valence-corrected chi connectivity index (χ1v) is 21.1. The van der Waals surface area contributed by atoms with Crippen molar-refractivity contribution in [1.29, 1.82) is 0 Å². The monoisotopic (exact) mass is 745 g/mol. The highest BCUT2D eigenvalue weighted by Gasteiger charge is 2.16. The lowest BCUT2D eigenvalue weighted by atomic mass is 10.1. The summed E-state index contributed by atoms with van der Waals surface area (Å²) < 4.78 is 10.6. The molecule has 0 amide bonds. The first-order chi connectivity index (χ1) is 26.6. The van der Waals surface area contributed by atoms with Crippen LogP contribution in [0.1, 0.15) is 155 Å². The van der Waals surface area contributed by atoms with Gasteiger partial charge in [0.15, 0.2) is 6.10 Å². The van der Waals surface area contributed by atoms with Crippen molar-refractivity contribution in [2.45, 2.75) is 161 Å². The van der Waals surface area contributed by atoms with Gasteiger partial charge in [-0.15, -0.1) is 0 Å². The van der Waals surface area contributed by atoms with Crippen molar-refractivity contribution in [3.63, 3.8) is 0 Å². The molecule has 5 nitrogen and oxygen atoms in total. The normalized spacial score (nSPS) is 13.5. The Balaban J connectivity index is 3.72. The molecule has 1 unspecified atom stereocenters. The Morgan fingerprint density at radius 1 is 0.426 bits per heavy atom. The molecule has 0 aliphatic heterocycles. The topological polar surface area (TPSA) is 72.8 Å². The van der Waals surface area contributed by atoms with Gasteiger partial charge in [-0.05, 0) is 103 Å². The summed E-state index contributed by atoms with van der Waals surface area (Å²) in [4.78, 5) is 24.3. The first-order valence-electron chi connectivity index (χ1n) is 21.1. The van der Waals surface area contributed by atoms with E-state index in [-0.39, 0.29) is 25.2 Å². The third kappa shape index (κ3) is 41.1. The van der Waals surface area contributed by atoms with Crippen LogP contribution in [-0.4, -0.2) is 36.4 Å². The van der Waals surface area contributed by atoms with Crippen LogP contribution in [0, 0.1) is 0 Å². The molecule has 0 rings (SSSR count). The summed E-state index contributed by atoms with van der Waals surface area (Å²) >= 11 is 0. The number of allylic oxidation sites excluding steroid dienone is 20. The van der Waals surface area contributed by atoms with Gasteiger partial charge >= 0.3 is 11.9 Å². The van der Waals surface area contributed by atoms with Gasteiger partial charge in [0, 0.05) is 12.8 Å². The number of rotatable bonds is 36. The van der Waals surface area contributed by atoms with Crippen molar-refractivity contribution in [2.24, 2.45) is 0 Å². The van der Waals surface area contributed by atoms with Crippen molar-refractivity contribution >= 4 is 11.9 Å². The minimum Gasteiger partial charge on any atom is -0.462 e. The minimum atomic E-state index is -0.806. The molecule has 0 bridgehead atoms. The number of esters is 2. The second-order valence-electron chi connectivity index (χ2n) is 13.3. The van der Waals surface area contributed by atoms with Crippen molar-refractivity contribution < 1.29 is 24.2 Å². The Labute approximate surface area is 331 Å². The Morgan fingerprint density at radius 2 is 0.741 bits per heavy atom. The smallest absolute Gasteiger partial charge is 0.306 e. The van der Waals surface area contributed by atoms with Crippen LogP contribution >= 0.6 is 0 Å². The molecule has 0 aromatic carbocycles. The van der Waals surface area contributed by atoms with Gasteiger partial charge in [-0.2, -0.15) is 0 Å². The number of hydrogen-bond donors (Lipinski definition) is 1. The van der Waals surface area contributed by atoms with Crippen LogP contribution in [0.25, 0.3) is 0 Å². The number of aliphatic hydroxyl groups is 1. The lowest BCUT2D eigenvalue weighted by Gasteiger charge is -2.15. The van der Waals surface area contributed by atoms with Gasteiger partial charge in [-0.25, -0.2) is 0 Å². The van der Waals surface area contributed by atoms with E-state index >= 15 is 0 Å². The average Bonchev–Trinajstić information content (AvgIpc) is 3.17. The lowest BCUT2D eigenvalue weighted by Crippen LogP contribution is -2.28. The number of carbonyl (C=O) groups excluding carboxylic acids is 2. The predicted molar refractivity (Wildman–Crippen MR) is 232 cm³/mol. The van der Waals surface area contributed by atoms with E-state index in [1.807, 2.05) is 0 Å². The van der Waals surface area contributed by atoms with Gasteiger partial charge in [-0.3, -0.25) is 9.59 Å². The zero-order chi connectivity index (χ0) is 39.3. The first kappa shape index (κ1) is 50.3. The number of carbonyl (C=O) groups is 2. The number of unbranched alkanes of at least 4 members (excludes halogenated alkanes) is 8. The molecule has 0 heterocycles. The number of ether oxygens (including phenoxy) is 2. The van der Waals surface area contributed by atoms with E-state index in [2.05, 4.69) is 135 Å². The summed E-state index contributed by atoms with van der Waals surface area (Å²) in [6.07, 6.45) is 64.0. The second kappa shape index (κ2) is 43.7. The fourth-order valence-electron chi connectivity index (χ4n) is 5.13. The van der Waals surface area contributed by atoms with E-state index in [9.17, 15) is 14.7 Å². The minimum absolute atomic E-state index is 0.0976. The quantitative estimate of drug-likeness (QED) is 0.0393. The lowest BCUT2D eigenvalue weighted by molar-refractivity contribution is -0.161. The van der Waals surface area contributed by atoms with Gasteiger partial charge in [0.2, 0.25) is 0 Å². The van der Waals surface area contributed by atoms with Gasteiger partial charge in [0.1, 0.15) is 6.61 Å². The molecule has 1 N–H and O–H groups in total. The summed E-state index contributed by atoms with van der Waals surface area (Å²) in [6, 6.07) is 0. The maximum atomic E-state index is 12.2. The van der Waals surface area contributed by atoms with Crippen molar-refractivity contribution in [3.8, 4) is 0 Å². The predicted octanol–water partition coefficient (Wildman–Crippen LogP) is 13.6. The standard InChI is InChI=1S/C49H76O5/c1-3-5-7-9-11-13-15-17-19-20-21-22-23-24-25-26-27-28-30-32-34-36-38-40-42-44-49(52)54-47(45-50)46-53-48(51)43-41-39-37-35-33-31-29-18-16-14-12-10-8-6-4-2/h5-8,11-14,17-19,21-22,24-25,27-29,32,34,47,50H,3-4,9-10,15-16,20,23,26,30-31,33,35-46H2,1-2H3/b7-5-,8-6-,13-11-,14-12-,19-17-,22-21-,25-24-,28-27-,29-18-,34-32-. The molecular weight excluding hydrogens is 669 g/mol. The number of hydrogen-bond acceptors (Lipinski definition) is 5. The zero-order valence-corrected chi connectivity index (χ0v) is 34.2. The summed E-state index contributed by atoms with van der Waals surface area (Å²) in [5.74, 6) is -0.663. The zero-order valence-electron chi connectivity index (χ0n) is 34.2. The van der Waals surface area contributed by atoms with Crippen LogP contribution in [0.5, 0.6) is 0 Å². The summed E-state index contributed by atoms with van der Waals surface area (Å²) in [6.45, 7) is 3.84. The number of aliphatic hydroxyl groups excluding tert-OH is 1. The Morgan fingerprint density at radius 3 is 1.13 bits per heavy atom. The summed E-state index contributed by atoms with van der Waals surface area (Å²) in [5, 5.41) is 9.57. The Bertz CT molecular complexity index is 1160. The molecule has 5 heteroatoms. The molecule has 302 valence electrons. The maximum absolute atomic E-state index is 12.2. The summed E-state index contributed by atoms with van der Waals surface area (Å²) in [5.41, 5.74) is 0. The van der Waals surface area contributed by atoms with Gasteiger partial charge < -0.3 is 14.6 Å². The fraction of sp³-hybridized carbons (Fsp3) is 0.551. The molecule has 0 aromatic rings. The van der Waals surface area contributed by atoms with Crippen LogP contribution in [0.2, 0.25) is 0 Å². The van der Waals surface area contributed by atoms with Crippen LogP contribution in [0.3, 0.4) is 0 Å². The van der Waals surface area contributed by atoms with E-state index in [1.165, 1.54) is 0 Å². The van der Waals surface area contributed by atoms with Crippen molar-refractivity contribution in [1.82, 2.24) is 0 Å². The van der Waals surface area contributed by atoms with E-state index in [1.54, 1.807) is 0 Å². The van der Waals surface area contributed by atoms with Gasteiger partial charge in [0.05, 0.1) is 6.61 Å². The Kier molecular flexibility index (Phi) is 40.7. The van der Waals surface area contributed by atoms with Crippen molar-refractivity contribution in [2.75, 3.05) is 13.2 Å². The fourth-order valence-corrected chi connectivity index (χ4v) is 5.13. The van der Waals surface area contributed by atoms with E-state index in [4.69, 9.17) is 9.47 Å². The van der Waals surface area contributed by atoms with E-state index in [0.717, 1.165) is 128 Å². The average molecular weight is 745 g/mol. The SMILES string of the molecule is CC/C=C\C/C=C\C/C=C\C/C=C\C/C=C\C/C=C\C/C=C\CCCCCC(=O)OC(CO)COC(=O)CCCCCCC/C=C\C/C=C\C/C=C\CC. The molecular formula is C49H76O5. The molecule has 0 aliphatic rings. The molecule has 54 heavy (non-hydrogen) atoms. The van der Waals surface area contributed by atoms with Crippen LogP contribution in [0.15, 0.2) is 122 Å². The maximum Gasteiger partial charge on any atom is 0.306 e. The highest BCUT2D eigenvalue weighted by molar-refractivity contribution is 5.70. The molecule has 0 aromatic heterocycles. The summed E-state index contributed by atoms with van der Waals surface area (Å²) in [7, 11) is 0. The van der Waals surface area contributed by atoms with Gasteiger partial charge in [0.25, 0.3) is 0 Å². The van der Waals surface area contributed by atoms with Crippen molar-refractivity contribution in [3.05, 3.63) is 122 Å². The molecule has 0 radical (unpaired) electrons. The molecule has 0 spiro atoms. The third-order valence-corrected chi connectivity index (χ3v) is 8.25. The molecule has 0 saturated carbocycles. The largest absolute Gasteiger partial charge is 0.462 e. The highest BCUT2D eigenvalue weighted by atomic mass is 16.6. The third-order valence-electron chi connectivity index (χ3n) is 8.25. The van der Waals surface area contributed by atoms with Crippen LogP contribution < -0.4 is 0 Å². The molecule has 0 saturated heterocycles. The molecule has 0 aliphatic carbocycles. The molecule has 1 atom stereocenters. The molecule has 0 fully saturated rings. The van der Waals surface area contributed by atoms with E-state index < -0.39 is 6.10 Å². The highest BCUT2D eigenvalue weighted by Crippen LogP contribution is 2.10.